The van der Waals surface area contributed by atoms with Crippen LogP contribution in [0.2, 0.25) is 10.0 Å². The molecule has 2 fully saturated rings. The van der Waals surface area contributed by atoms with E-state index in [4.69, 9.17) is 42.4 Å². The number of pyridine rings is 2. The quantitative estimate of drug-likeness (QED) is 0.158. The molecule has 3 N–H and O–H groups in total. The second-order valence-corrected chi connectivity index (χ2v) is 12.5. The number of benzene rings is 2. The molecule has 4 aromatic rings. The third kappa shape index (κ3) is 7.71. The number of nitrogens with zero attached hydrogens (tertiary/aromatic N) is 2. The standard InChI is InChI=1S/C36H39Cl2N5O4/c1-45-31-18-22(6-7-23(31)20-41-25-13-16-47-17-14-25)35-34(38)28(12-15-40-35)27-4-3-5-29(33(27)37)30-10-8-24(36(43-30)46-2)19-39-21-26-9-11-32(44)42-26/h3-8,10,12,15,18,25-26,39,41H,9,11,13-14,16-17,19-21H2,1-2H3,(H,42,44). The van der Waals surface area contributed by atoms with E-state index in [-0.39, 0.29) is 11.9 Å². The first-order valence-corrected chi connectivity index (χ1v) is 16.7. The summed E-state index contributed by atoms with van der Waals surface area (Å²) in [6, 6.07) is 18.3. The number of amides is 1. The van der Waals surface area contributed by atoms with Crippen LogP contribution in [0.1, 0.15) is 36.8 Å². The summed E-state index contributed by atoms with van der Waals surface area (Å²) in [6.45, 7) is 3.53. The molecule has 0 spiro atoms. The highest BCUT2D eigenvalue weighted by Gasteiger charge is 2.21. The van der Waals surface area contributed by atoms with E-state index in [0.717, 1.165) is 71.6 Å². The Morgan fingerprint density at radius 3 is 2.47 bits per heavy atom. The van der Waals surface area contributed by atoms with Crippen LogP contribution in [0.3, 0.4) is 0 Å². The Kier molecular flexibility index (Phi) is 10.9. The largest absolute Gasteiger partial charge is 0.496 e. The topological polar surface area (TPSA) is 107 Å². The van der Waals surface area contributed by atoms with Gasteiger partial charge in [-0.1, -0.05) is 59.6 Å². The van der Waals surface area contributed by atoms with Crippen LogP contribution in [-0.4, -0.2) is 61.9 Å². The normalized spacial score (nSPS) is 16.7. The van der Waals surface area contributed by atoms with Gasteiger partial charge < -0.3 is 30.2 Å². The minimum Gasteiger partial charge on any atom is -0.496 e. The lowest BCUT2D eigenvalue weighted by Crippen LogP contribution is -2.35. The summed E-state index contributed by atoms with van der Waals surface area (Å²) in [5.74, 6) is 1.39. The van der Waals surface area contributed by atoms with Gasteiger partial charge in [0.1, 0.15) is 5.75 Å². The van der Waals surface area contributed by atoms with Crippen LogP contribution in [0.4, 0.5) is 0 Å². The van der Waals surface area contributed by atoms with Gasteiger partial charge in [-0.2, -0.15) is 0 Å². The zero-order chi connectivity index (χ0) is 32.8. The van der Waals surface area contributed by atoms with Gasteiger partial charge in [-0.15, -0.1) is 0 Å². The van der Waals surface area contributed by atoms with Crippen LogP contribution in [0.5, 0.6) is 11.6 Å². The molecule has 1 unspecified atom stereocenters. The summed E-state index contributed by atoms with van der Waals surface area (Å²) in [5, 5.41) is 11.0. The lowest BCUT2D eigenvalue weighted by Gasteiger charge is -2.23. The van der Waals surface area contributed by atoms with E-state index >= 15 is 0 Å². The van der Waals surface area contributed by atoms with Gasteiger partial charge in [0.25, 0.3) is 0 Å². The average molecular weight is 677 g/mol. The van der Waals surface area contributed by atoms with Crippen molar-refractivity contribution in [3.05, 3.63) is 82.0 Å². The molecule has 2 saturated heterocycles. The molecule has 0 bridgehead atoms. The number of hydrogen-bond donors (Lipinski definition) is 3. The van der Waals surface area contributed by atoms with Crippen molar-refractivity contribution >= 4 is 29.1 Å². The highest BCUT2D eigenvalue weighted by molar-refractivity contribution is 6.39. The molecule has 0 aliphatic carbocycles. The molecule has 47 heavy (non-hydrogen) atoms. The summed E-state index contributed by atoms with van der Waals surface area (Å²) >= 11 is 14.1. The predicted molar refractivity (Wildman–Crippen MR) is 185 cm³/mol. The molecule has 1 amide bonds. The molecule has 2 aromatic heterocycles. The Bertz CT molecular complexity index is 1730. The van der Waals surface area contributed by atoms with E-state index in [1.807, 2.05) is 48.5 Å². The second-order valence-electron chi connectivity index (χ2n) is 11.8. The molecular formula is C36H39Cl2N5O4. The first kappa shape index (κ1) is 33.2. The Labute approximate surface area is 285 Å². The molecule has 246 valence electrons. The van der Waals surface area contributed by atoms with Gasteiger partial charge in [0.15, 0.2) is 0 Å². The number of ether oxygens (including phenoxy) is 3. The van der Waals surface area contributed by atoms with Crippen molar-refractivity contribution in [3.8, 4) is 45.3 Å². The molecule has 6 rings (SSSR count). The van der Waals surface area contributed by atoms with Crippen LogP contribution in [0.15, 0.2) is 60.8 Å². The number of hydrogen-bond acceptors (Lipinski definition) is 8. The predicted octanol–water partition coefficient (Wildman–Crippen LogP) is 6.44. The number of carbonyl (C=O) groups excluding carboxylic acids is 1. The highest BCUT2D eigenvalue weighted by atomic mass is 35.5. The third-order valence-electron chi connectivity index (χ3n) is 8.74. The first-order valence-electron chi connectivity index (χ1n) is 15.9. The number of rotatable bonds is 12. The average Bonchev–Trinajstić information content (AvgIpc) is 3.52. The first-order chi connectivity index (χ1) is 22.9. The van der Waals surface area contributed by atoms with E-state index in [1.165, 1.54) is 0 Å². The van der Waals surface area contributed by atoms with Gasteiger partial charge in [-0.25, -0.2) is 4.98 Å². The Hall–Kier alpha value is -3.73. The fourth-order valence-electron chi connectivity index (χ4n) is 6.13. The summed E-state index contributed by atoms with van der Waals surface area (Å²) in [5.41, 5.74) is 6.44. The van der Waals surface area contributed by atoms with E-state index in [2.05, 4.69) is 27.0 Å². The van der Waals surface area contributed by atoms with Crippen molar-refractivity contribution in [3.63, 3.8) is 0 Å². The molecule has 0 radical (unpaired) electrons. The van der Waals surface area contributed by atoms with Crippen LogP contribution in [0.25, 0.3) is 33.6 Å². The van der Waals surface area contributed by atoms with Gasteiger partial charge in [0.2, 0.25) is 11.8 Å². The van der Waals surface area contributed by atoms with Crippen LogP contribution in [0, 0.1) is 0 Å². The lowest BCUT2D eigenvalue weighted by atomic mass is 9.99. The van der Waals surface area contributed by atoms with Crippen LogP contribution < -0.4 is 25.4 Å². The summed E-state index contributed by atoms with van der Waals surface area (Å²) in [4.78, 5) is 20.9. The zero-order valence-electron chi connectivity index (χ0n) is 26.6. The Morgan fingerprint density at radius 2 is 1.70 bits per heavy atom. The number of halogens is 2. The highest BCUT2D eigenvalue weighted by Crippen LogP contribution is 2.42. The molecule has 11 heteroatoms. The maximum Gasteiger partial charge on any atom is 0.220 e. The van der Waals surface area contributed by atoms with E-state index in [1.54, 1.807) is 20.4 Å². The van der Waals surface area contributed by atoms with Gasteiger partial charge in [-0.3, -0.25) is 9.78 Å². The van der Waals surface area contributed by atoms with Gasteiger partial charge >= 0.3 is 0 Å². The fourth-order valence-corrected chi connectivity index (χ4v) is 6.77. The second kappa shape index (κ2) is 15.4. The van der Waals surface area contributed by atoms with E-state index in [9.17, 15) is 4.79 Å². The summed E-state index contributed by atoms with van der Waals surface area (Å²) < 4.78 is 16.9. The molecule has 2 aromatic carbocycles. The molecule has 4 heterocycles. The third-order valence-corrected chi connectivity index (χ3v) is 9.53. The SMILES string of the molecule is COc1cc(-c2nccc(-c3cccc(-c4ccc(CNCC5CCC(=O)N5)c(OC)n4)c3Cl)c2Cl)ccc1CNC1CCOCC1. The molecule has 9 nitrogen and oxygen atoms in total. The summed E-state index contributed by atoms with van der Waals surface area (Å²) in [7, 11) is 3.28. The zero-order valence-corrected chi connectivity index (χ0v) is 28.1. The van der Waals surface area contributed by atoms with Crippen molar-refractivity contribution in [1.82, 2.24) is 25.9 Å². The lowest BCUT2D eigenvalue weighted by molar-refractivity contribution is -0.119. The minimum atomic E-state index is 0.104. The number of carbonyl (C=O) groups is 1. The Morgan fingerprint density at radius 1 is 0.915 bits per heavy atom. The molecular weight excluding hydrogens is 637 g/mol. The number of nitrogens with one attached hydrogen (secondary N) is 3. The fraction of sp³-hybridized carbons (Fsp3) is 0.361. The van der Waals surface area contributed by atoms with Crippen molar-refractivity contribution in [1.29, 1.82) is 0 Å². The minimum absolute atomic E-state index is 0.104. The van der Waals surface area contributed by atoms with Crippen molar-refractivity contribution in [2.45, 2.75) is 50.9 Å². The summed E-state index contributed by atoms with van der Waals surface area (Å²) in [6.07, 6.45) is 5.17. The van der Waals surface area contributed by atoms with Gasteiger partial charge in [-0.05, 0) is 37.5 Å². The smallest absolute Gasteiger partial charge is 0.220 e. The number of methoxy groups -OCH3 is 2. The van der Waals surface area contributed by atoms with Crippen molar-refractivity contribution in [2.24, 2.45) is 0 Å². The maximum atomic E-state index is 11.5. The van der Waals surface area contributed by atoms with E-state index in [0.29, 0.717) is 59.4 Å². The maximum absolute atomic E-state index is 11.5. The molecule has 2 aliphatic rings. The van der Waals surface area contributed by atoms with E-state index < -0.39 is 0 Å². The molecule has 0 saturated carbocycles. The molecule has 2 aliphatic heterocycles. The van der Waals surface area contributed by atoms with Crippen molar-refractivity contribution < 1.29 is 19.0 Å². The van der Waals surface area contributed by atoms with Gasteiger partial charge in [0.05, 0.1) is 35.7 Å². The van der Waals surface area contributed by atoms with Crippen LogP contribution in [-0.2, 0) is 22.6 Å². The van der Waals surface area contributed by atoms with Gasteiger partial charge in [0, 0.05) is 90.9 Å². The monoisotopic (exact) mass is 675 g/mol. The number of aromatic nitrogens is 2. The van der Waals surface area contributed by atoms with Crippen molar-refractivity contribution in [2.75, 3.05) is 34.0 Å². The van der Waals surface area contributed by atoms with Crippen LogP contribution >= 0.6 is 23.2 Å². The Balaban J connectivity index is 1.22. The molecule has 1 atom stereocenters.